The molecule has 0 aromatic heterocycles. The first kappa shape index (κ1) is 15.5. The second-order valence-electron chi connectivity index (χ2n) is 5.48. The predicted octanol–water partition coefficient (Wildman–Crippen LogP) is 2.30. The molecule has 1 aromatic rings. The van der Waals surface area contributed by atoms with Crippen LogP contribution in [-0.2, 0) is 16.6 Å². The zero-order chi connectivity index (χ0) is 14.8. The smallest absolute Gasteiger partial charge is 0.243 e. The standard InChI is InChI=1S/C15H23NO3S/c1-3-13-6-5-9-16(10-13)20(18,19)15-8-4-7-14(11-17)12(15)2/h4,7-8,13,17H,3,5-6,9-11H2,1-2H3. The fourth-order valence-electron chi connectivity index (χ4n) is 2.83. The van der Waals surface area contributed by atoms with Gasteiger partial charge >= 0.3 is 0 Å². The Kier molecular flexibility index (Phi) is 4.83. The summed E-state index contributed by atoms with van der Waals surface area (Å²) in [7, 11) is -3.45. The van der Waals surface area contributed by atoms with Gasteiger partial charge in [-0.05, 0) is 42.9 Å². The lowest BCUT2D eigenvalue weighted by atomic mass is 9.97. The minimum absolute atomic E-state index is 0.132. The van der Waals surface area contributed by atoms with Crippen molar-refractivity contribution in [2.75, 3.05) is 13.1 Å². The lowest BCUT2D eigenvalue weighted by Gasteiger charge is -2.32. The maximum atomic E-state index is 12.8. The average Bonchev–Trinajstić information content (AvgIpc) is 2.47. The Balaban J connectivity index is 2.35. The number of hydrogen-bond donors (Lipinski definition) is 1. The van der Waals surface area contributed by atoms with E-state index in [9.17, 15) is 13.5 Å². The van der Waals surface area contributed by atoms with E-state index in [0.717, 1.165) is 19.3 Å². The number of aliphatic hydroxyl groups is 1. The van der Waals surface area contributed by atoms with Crippen LogP contribution < -0.4 is 0 Å². The van der Waals surface area contributed by atoms with Crippen molar-refractivity contribution in [1.29, 1.82) is 0 Å². The van der Waals surface area contributed by atoms with Gasteiger partial charge in [-0.3, -0.25) is 0 Å². The van der Waals surface area contributed by atoms with Crippen molar-refractivity contribution in [2.45, 2.75) is 44.6 Å². The Hall–Kier alpha value is -0.910. The number of aliphatic hydroxyl groups excluding tert-OH is 1. The van der Waals surface area contributed by atoms with Crippen molar-refractivity contribution in [3.63, 3.8) is 0 Å². The lowest BCUT2D eigenvalue weighted by Crippen LogP contribution is -2.40. The second-order valence-corrected chi connectivity index (χ2v) is 7.38. The van der Waals surface area contributed by atoms with E-state index in [1.54, 1.807) is 29.4 Å². The molecule has 112 valence electrons. The highest BCUT2D eigenvalue weighted by molar-refractivity contribution is 7.89. The van der Waals surface area contributed by atoms with Crippen molar-refractivity contribution in [3.05, 3.63) is 29.3 Å². The van der Waals surface area contributed by atoms with E-state index in [1.807, 2.05) is 0 Å². The van der Waals surface area contributed by atoms with E-state index in [4.69, 9.17) is 0 Å². The first-order valence-electron chi connectivity index (χ1n) is 7.20. The molecule has 1 N–H and O–H groups in total. The number of piperidine rings is 1. The summed E-state index contributed by atoms with van der Waals surface area (Å²) in [6.07, 6.45) is 3.05. The number of benzene rings is 1. The molecule has 1 aromatic carbocycles. The molecular formula is C15H23NO3S. The topological polar surface area (TPSA) is 57.6 Å². The normalized spacial score (nSPS) is 21.1. The highest BCUT2D eigenvalue weighted by atomic mass is 32.2. The fraction of sp³-hybridized carbons (Fsp3) is 0.600. The monoisotopic (exact) mass is 297 g/mol. The number of hydrogen-bond acceptors (Lipinski definition) is 3. The van der Waals surface area contributed by atoms with Gasteiger partial charge in [-0.1, -0.05) is 25.5 Å². The highest BCUT2D eigenvalue weighted by Crippen LogP contribution is 2.28. The summed E-state index contributed by atoms with van der Waals surface area (Å²) >= 11 is 0. The van der Waals surface area contributed by atoms with E-state index in [-0.39, 0.29) is 6.61 Å². The van der Waals surface area contributed by atoms with Gasteiger partial charge in [-0.15, -0.1) is 0 Å². The molecule has 2 rings (SSSR count). The highest BCUT2D eigenvalue weighted by Gasteiger charge is 2.30. The van der Waals surface area contributed by atoms with Crippen LogP contribution in [0.15, 0.2) is 23.1 Å². The summed E-state index contributed by atoms with van der Waals surface area (Å²) in [6.45, 7) is 4.95. The largest absolute Gasteiger partial charge is 0.392 e. The van der Waals surface area contributed by atoms with Gasteiger partial charge in [-0.25, -0.2) is 8.42 Å². The van der Waals surface area contributed by atoms with Crippen LogP contribution in [0.25, 0.3) is 0 Å². The van der Waals surface area contributed by atoms with Gasteiger partial charge < -0.3 is 5.11 Å². The third kappa shape index (κ3) is 2.90. The van der Waals surface area contributed by atoms with Crippen molar-refractivity contribution < 1.29 is 13.5 Å². The Morgan fingerprint density at radius 1 is 1.40 bits per heavy atom. The molecule has 0 amide bonds. The Morgan fingerprint density at radius 3 is 2.80 bits per heavy atom. The van der Waals surface area contributed by atoms with Crippen LogP contribution in [0.5, 0.6) is 0 Å². The Labute approximate surface area is 121 Å². The van der Waals surface area contributed by atoms with Crippen molar-refractivity contribution >= 4 is 10.0 Å². The molecule has 0 saturated carbocycles. The molecule has 0 spiro atoms. The maximum Gasteiger partial charge on any atom is 0.243 e. The summed E-state index contributed by atoms with van der Waals surface area (Å²) < 4.78 is 27.2. The summed E-state index contributed by atoms with van der Waals surface area (Å²) in [5, 5.41) is 9.29. The molecule has 1 aliphatic rings. The molecule has 1 atom stereocenters. The second kappa shape index (κ2) is 6.24. The molecule has 1 saturated heterocycles. The Bertz CT molecular complexity index is 568. The molecule has 4 nitrogen and oxygen atoms in total. The molecular weight excluding hydrogens is 274 g/mol. The summed E-state index contributed by atoms with van der Waals surface area (Å²) in [4.78, 5) is 0.334. The van der Waals surface area contributed by atoms with Crippen molar-refractivity contribution in [3.8, 4) is 0 Å². The molecule has 20 heavy (non-hydrogen) atoms. The first-order chi connectivity index (χ1) is 9.50. The third-order valence-corrected chi connectivity index (χ3v) is 6.25. The van der Waals surface area contributed by atoms with Crippen LogP contribution in [0.4, 0.5) is 0 Å². The number of sulfonamides is 1. The summed E-state index contributed by atoms with van der Waals surface area (Å²) in [6, 6.07) is 5.10. The van der Waals surface area contributed by atoms with Gasteiger partial charge in [0, 0.05) is 13.1 Å². The van der Waals surface area contributed by atoms with Gasteiger partial charge in [0.25, 0.3) is 0 Å². The van der Waals surface area contributed by atoms with Crippen LogP contribution >= 0.6 is 0 Å². The first-order valence-corrected chi connectivity index (χ1v) is 8.64. The van der Waals surface area contributed by atoms with Crippen LogP contribution in [0, 0.1) is 12.8 Å². The SMILES string of the molecule is CCC1CCCN(S(=O)(=O)c2cccc(CO)c2C)C1. The molecule has 0 radical (unpaired) electrons. The number of nitrogens with zero attached hydrogens (tertiary/aromatic N) is 1. The van der Waals surface area contributed by atoms with Crippen LogP contribution in [0.1, 0.15) is 37.3 Å². The molecule has 0 bridgehead atoms. The average molecular weight is 297 g/mol. The molecule has 5 heteroatoms. The molecule has 1 unspecified atom stereocenters. The molecule has 0 aliphatic carbocycles. The van der Waals surface area contributed by atoms with Crippen LogP contribution in [-0.4, -0.2) is 30.9 Å². The van der Waals surface area contributed by atoms with Crippen molar-refractivity contribution in [1.82, 2.24) is 4.31 Å². The van der Waals surface area contributed by atoms with Gasteiger partial charge in [0.05, 0.1) is 11.5 Å². The predicted molar refractivity (Wildman–Crippen MR) is 78.9 cm³/mol. The van der Waals surface area contributed by atoms with Gasteiger partial charge in [0.2, 0.25) is 10.0 Å². The zero-order valence-corrected chi connectivity index (χ0v) is 13.0. The summed E-state index contributed by atoms with van der Waals surface area (Å²) in [5.41, 5.74) is 1.34. The third-order valence-electron chi connectivity index (χ3n) is 4.24. The van der Waals surface area contributed by atoms with E-state index < -0.39 is 10.0 Å². The number of rotatable bonds is 4. The minimum Gasteiger partial charge on any atom is -0.392 e. The van der Waals surface area contributed by atoms with E-state index in [1.165, 1.54) is 0 Å². The quantitative estimate of drug-likeness (QED) is 0.927. The lowest BCUT2D eigenvalue weighted by molar-refractivity contribution is 0.261. The van der Waals surface area contributed by atoms with Gasteiger partial charge in [-0.2, -0.15) is 4.31 Å². The van der Waals surface area contributed by atoms with E-state index >= 15 is 0 Å². The minimum atomic E-state index is -3.45. The van der Waals surface area contributed by atoms with Gasteiger partial charge in [0.15, 0.2) is 0 Å². The molecule has 1 aliphatic heterocycles. The zero-order valence-electron chi connectivity index (χ0n) is 12.2. The maximum absolute atomic E-state index is 12.8. The molecule has 1 fully saturated rings. The van der Waals surface area contributed by atoms with Crippen LogP contribution in [0.3, 0.4) is 0 Å². The van der Waals surface area contributed by atoms with E-state index in [2.05, 4.69) is 6.92 Å². The molecule has 1 heterocycles. The van der Waals surface area contributed by atoms with Crippen molar-refractivity contribution in [2.24, 2.45) is 5.92 Å². The Morgan fingerprint density at radius 2 is 2.15 bits per heavy atom. The summed E-state index contributed by atoms with van der Waals surface area (Å²) in [5.74, 6) is 0.458. The van der Waals surface area contributed by atoms with Crippen LogP contribution in [0.2, 0.25) is 0 Å². The fourth-order valence-corrected chi connectivity index (χ4v) is 4.65. The van der Waals surface area contributed by atoms with E-state index in [0.29, 0.717) is 35.0 Å². The van der Waals surface area contributed by atoms with Gasteiger partial charge in [0.1, 0.15) is 0 Å².